The Morgan fingerprint density at radius 3 is 2.47 bits per heavy atom. The lowest BCUT2D eigenvalue weighted by molar-refractivity contribution is -0.120. The summed E-state index contributed by atoms with van der Waals surface area (Å²) in [5.41, 5.74) is 1.74. The predicted octanol–water partition coefficient (Wildman–Crippen LogP) is 4.37. The van der Waals surface area contributed by atoms with E-state index in [0.717, 1.165) is 62.0 Å². The number of aromatic nitrogens is 3. The molecule has 5 rings (SSSR count). The van der Waals surface area contributed by atoms with Gasteiger partial charge in [0.25, 0.3) is 5.56 Å². The Bertz CT molecular complexity index is 1300. The third kappa shape index (κ3) is 4.83. The van der Waals surface area contributed by atoms with Gasteiger partial charge >= 0.3 is 0 Å². The van der Waals surface area contributed by atoms with Crippen molar-refractivity contribution >= 4 is 39.2 Å². The van der Waals surface area contributed by atoms with E-state index in [0.29, 0.717) is 48.7 Å². The van der Waals surface area contributed by atoms with Crippen molar-refractivity contribution in [3.8, 4) is 0 Å². The minimum atomic E-state index is -0.0289. The van der Waals surface area contributed by atoms with Gasteiger partial charge in [0.15, 0.2) is 0 Å². The number of rotatable bonds is 7. The van der Waals surface area contributed by atoms with Gasteiger partial charge in [-0.25, -0.2) is 4.98 Å². The van der Waals surface area contributed by atoms with E-state index >= 15 is 0 Å². The lowest BCUT2D eigenvalue weighted by atomic mass is 9.93. The largest absolute Gasteiger partial charge is 0.369 e. The second-order valence-corrected chi connectivity index (χ2v) is 10.5. The quantitative estimate of drug-likeness (QED) is 0.389. The van der Waals surface area contributed by atoms with Crippen LogP contribution in [0.5, 0.6) is 0 Å². The van der Waals surface area contributed by atoms with Crippen molar-refractivity contribution in [1.29, 1.82) is 0 Å². The number of carbonyl (C=O) groups excluding carboxylic acids is 1. The third-order valence-electron chi connectivity index (χ3n) is 7.84. The summed E-state index contributed by atoms with van der Waals surface area (Å²) >= 11 is 0. The number of nitrogens with zero attached hydrogens (tertiary/aromatic N) is 5. The van der Waals surface area contributed by atoms with E-state index in [1.807, 2.05) is 10.8 Å². The van der Waals surface area contributed by atoms with Gasteiger partial charge in [0.2, 0.25) is 5.95 Å². The van der Waals surface area contributed by atoms with Crippen LogP contribution in [0.15, 0.2) is 29.2 Å². The van der Waals surface area contributed by atoms with Crippen molar-refractivity contribution < 1.29 is 4.79 Å². The molecule has 36 heavy (non-hydrogen) atoms. The second kappa shape index (κ2) is 10.5. The summed E-state index contributed by atoms with van der Waals surface area (Å²) in [5.74, 6) is 0.832. The van der Waals surface area contributed by atoms with E-state index in [1.54, 1.807) is 0 Å². The second-order valence-electron chi connectivity index (χ2n) is 10.5. The molecule has 0 unspecified atom stereocenters. The number of nitrogens with one attached hydrogen (secondary N) is 1. The molecule has 1 N–H and O–H groups in total. The molecule has 1 aliphatic heterocycles. The van der Waals surface area contributed by atoms with Crippen molar-refractivity contribution in [3.63, 3.8) is 0 Å². The van der Waals surface area contributed by atoms with Crippen LogP contribution in [0.1, 0.15) is 65.3 Å². The van der Waals surface area contributed by atoms with Gasteiger partial charge in [-0.05, 0) is 50.6 Å². The number of benzene rings is 1. The van der Waals surface area contributed by atoms with Gasteiger partial charge in [0, 0.05) is 74.9 Å². The van der Waals surface area contributed by atoms with E-state index in [-0.39, 0.29) is 17.4 Å². The fourth-order valence-corrected chi connectivity index (χ4v) is 5.59. The average molecular weight is 491 g/mol. The highest BCUT2D eigenvalue weighted by Crippen LogP contribution is 2.32. The number of pyridine rings is 1. The molecule has 0 spiro atoms. The minimum Gasteiger partial charge on any atom is -0.369 e. The van der Waals surface area contributed by atoms with Gasteiger partial charge in [-0.2, -0.15) is 4.98 Å². The Labute approximate surface area is 212 Å². The predicted molar refractivity (Wildman–Crippen MR) is 146 cm³/mol. The molecule has 192 valence electrons. The van der Waals surface area contributed by atoms with Crippen LogP contribution in [0.4, 0.5) is 11.6 Å². The smallest absolute Gasteiger partial charge is 0.260 e. The Kier molecular flexibility index (Phi) is 7.23. The zero-order valence-electron chi connectivity index (χ0n) is 21.8. The van der Waals surface area contributed by atoms with Crippen LogP contribution in [-0.4, -0.2) is 64.0 Å². The number of fused-ring (bicyclic) bond motifs is 3. The Morgan fingerprint density at radius 2 is 1.78 bits per heavy atom. The lowest BCUT2D eigenvalue weighted by Crippen LogP contribution is -2.48. The summed E-state index contributed by atoms with van der Waals surface area (Å²) in [6.07, 6.45) is 6.36. The Balaban J connectivity index is 1.59. The molecule has 0 atom stereocenters. The summed E-state index contributed by atoms with van der Waals surface area (Å²) in [6, 6.07) is 6.76. The highest BCUT2D eigenvalue weighted by molar-refractivity contribution is 6.05. The maximum atomic E-state index is 14.0. The topological polar surface area (TPSA) is 83.4 Å². The molecule has 2 aromatic heterocycles. The normalized spacial score (nSPS) is 18.0. The standard InChI is InChI=1S/C28H38N6O2/c1-4-5-12-29-28-30-18-25-23-11-8-21(33-15-13-32(14-16-33)19(2)3)17-24(23)27(36)34(26(25)31-28)20-6-9-22(35)10-7-20/h8,11,17-20H,4-7,9-10,12-16H2,1-3H3,(H,29,30,31). The molecule has 3 heterocycles. The zero-order valence-corrected chi connectivity index (χ0v) is 21.8. The molecule has 3 aromatic rings. The summed E-state index contributed by atoms with van der Waals surface area (Å²) in [6.45, 7) is 11.4. The van der Waals surface area contributed by atoms with Gasteiger partial charge in [0.1, 0.15) is 11.4 Å². The van der Waals surface area contributed by atoms with Gasteiger partial charge < -0.3 is 10.2 Å². The molecule has 0 bridgehead atoms. The van der Waals surface area contributed by atoms with E-state index in [2.05, 4.69) is 59.1 Å². The molecule has 8 nitrogen and oxygen atoms in total. The van der Waals surface area contributed by atoms with Crippen LogP contribution >= 0.6 is 0 Å². The molecule has 0 radical (unpaired) electrons. The van der Waals surface area contributed by atoms with Crippen molar-refractivity contribution in [2.75, 3.05) is 42.9 Å². The summed E-state index contributed by atoms with van der Waals surface area (Å²) < 4.78 is 1.86. The molecule has 2 fully saturated rings. The SMILES string of the molecule is CCCCNc1ncc2c3ccc(N4CCN(C(C)C)CC4)cc3c(=O)n(C3CCC(=O)CC3)c2n1. The van der Waals surface area contributed by atoms with Gasteiger partial charge in [-0.1, -0.05) is 19.4 Å². The number of hydrogen-bond donors (Lipinski definition) is 1. The number of Topliss-reactive ketones (excluding diaryl/α,β-unsaturated/α-hetero) is 1. The maximum absolute atomic E-state index is 14.0. The zero-order chi connectivity index (χ0) is 25.2. The van der Waals surface area contributed by atoms with E-state index in [9.17, 15) is 9.59 Å². The summed E-state index contributed by atoms with van der Waals surface area (Å²) in [7, 11) is 0. The first kappa shape index (κ1) is 24.7. The molecule has 1 aromatic carbocycles. The molecule has 1 saturated heterocycles. The Morgan fingerprint density at radius 1 is 1.03 bits per heavy atom. The fraction of sp³-hybridized carbons (Fsp3) is 0.571. The number of carbonyl (C=O) groups is 1. The molecule has 2 aliphatic rings. The van der Waals surface area contributed by atoms with E-state index in [1.165, 1.54) is 0 Å². The van der Waals surface area contributed by atoms with Crippen LogP contribution in [0.3, 0.4) is 0 Å². The number of piperazine rings is 1. The first-order valence-electron chi connectivity index (χ1n) is 13.6. The molecule has 0 amide bonds. The van der Waals surface area contributed by atoms with Crippen LogP contribution in [0.2, 0.25) is 0 Å². The van der Waals surface area contributed by atoms with Crippen molar-refractivity contribution in [1.82, 2.24) is 19.4 Å². The van der Waals surface area contributed by atoms with Crippen LogP contribution in [0, 0.1) is 0 Å². The number of unbranched alkanes of at least 4 members (excludes halogenated alkanes) is 1. The monoisotopic (exact) mass is 490 g/mol. The molecule has 1 aliphatic carbocycles. The van der Waals surface area contributed by atoms with Gasteiger partial charge in [-0.3, -0.25) is 19.1 Å². The maximum Gasteiger partial charge on any atom is 0.260 e. The fourth-order valence-electron chi connectivity index (χ4n) is 5.59. The number of ketones is 1. The highest BCUT2D eigenvalue weighted by atomic mass is 16.1. The highest BCUT2D eigenvalue weighted by Gasteiger charge is 2.26. The summed E-state index contributed by atoms with van der Waals surface area (Å²) in [5, 5.41) is 5.79. The van der Waals surface area contributed by atoms with Gasteiger partial charge in [0.05, 0.1) is 5.39 Å². The van der Waals surface area contributed by atoms with E-state index < -0.39 is 0 Å². The minimum absolute atomic E-state index is 0.0160. The third-order valence-corrected chi connectivity index (χ3v) is 7.84. The average Bonchev–Trinajstić information content (AvgIpc) is 2.90. The lowest BCUT2D eigenvalue weighted by Gasteiger charge is -2.38. The van der Waals surface area contributed by atoms with Crippen molar-refractivity contribution in [3.05, 3.63) is 34.7 Å². The van der Waals surface area contributed by atoms with Crippen LogP contribution in [0.25, 0.3) is 21.8 Å². The molecular formula is C28H38N6O2. The molecular weight excluding hydrogens is 452 g/mol. The molecule has 1 saturated carbocycles. The van der Waals surface area contributed by atoms with Gasteiger partial charge in [-0.15, -0.1) is 0 Å². The van der Waals surface area contributed by atoms with Crippen molar-refractivity contribution in [2.45, 2.75) is 71.4 Å². The molecule has 8 heteroatoms. The number of hydrogen-bond acceptors (Lipinski definition) is 7. The first-order valence-corrected chi connectivity index (χ1v) is 13.6. The first-order chi connectivity index (χ1) is 17.5. The van der Waals surface area contributed by atoms with Crippen molar-refractivity contribution in [2.24, 2.45) is 0 Å². The van der Waals surface area contributed by atoms with Crippen LogP contribution in [-0.2, 0) is 4.79 Å². The number of anilines is 2. The Hall–Kier alpha value is -3.00. The van der Waals surface area contributed by atoms with Crippen LogP contribution < -0.4 is 15.8 Å². The summed E-state index contributed by atoms with van der Waals surface area (Å²) in [4.78, 5) is 40.3. The van der Waals surface area contributed by atoms with E-state index in [4.69, 9.17) is 4.98 Å².